The summed E-state index contributed by atoms with van der Waals surface area (Å²) < 4.78 is 0. The molecule has 1 fully saturated rings. The molecule has 0 N–H and O–H groups in total. The minimum Gasteiger partial charge on any atom is -0.338 e. The molecule has 2 heterocycles. The van der Waals surface area contributed by atoms with Gasteiger partial charge in [0.15, 0.2) is 0 Å². The number of rotatable bonds is 4. The summed E-state index contributed by atoms with van der Waals surface area (Å²) >= 11 is 0. The first-order chi connectivity index (χ1) is 8.83. The van der Waals surface area contributed by atoms with E-state index in [1.54, 1.807) is 0 Å². The molecule has 0 saturated carbocycles. The Bertz CT molecular complexity index is 400. The molecule has 1 saturated heterocycles. The smallest absolute Gasteiger partial charge is 0.225 e. The fourth-order valence-electron chi connectivity index (χ4n) is 2.14. The number of hydrogen-bond donors (Lipinski definition) is 0. The Kier molecular flexibility index (Phi) is 4.48. The molecule has 1 aromatic rings. The molecule has 0 amide bonds. The Balaban J connectivity index is 1.91. The summed E-state index contributed by atoms with van der Waals surface area (Å²) in [6.45, 7) is 6.29. The number of aryl methyl sites for hydroxylation is 1. The SMILES string of the molecule is CCCc1cnc(N2CCN(CC#N)CC2)nc1. The lowest BCUT2D eigenvalue weighted by Gasteiger charge is -2.33. The van der Waals surface area contributed by atoms with Crippen molar-refractivity contribution >= 4 is 5.95 Å². The van der Waals surface area contributed by atoms with Crippen molar-refractivity contribution in [3.63, 3.8) is 0 Å². The molecule has 5 heteroatoms. The zero-order chi connectivity index (χ0) is 12.8. The van der Waals surface area contributed by atoms with Crippen LogP contribution < -0.4 is 4.90 Å². The van der Waals surface area contributed by atoms with Gasteiger partial charge in [-0.15, -0.1) is 0 Å². The molecule has 18 heavy (non-hydrogen) atoms. The number of aromatic nitrogens is 2. The number of nitrogens with zero attached hydrogens (tertiary/aromatic N) is 5. The van der Waals surface area contributed by atoms with E-state index in [1.807, 2.05) is 12.4 Å². The Hall–Kier alpha value is -1.67. The number of nitriles is 1. The van der Waals surface area contributed by atoms with Crippen LogP contribution in [-0.2, 0) is 6.42 Å². The molecular formula is C13H19N5. The van der Waals surface area contributed by atoms with E-state index in [0.29, 0.717) is 6.54 Å². The molecule has 96 valence electrons. The van der Waals surface area contributed by atoms with Crippen LogP contribution in [0.25, 0.3) is 0 Å². The van der Waals surface area contributed by atoms with Crippen LogP contribution >= 0.6 is 0 Å². The van der Waals surface area contributed by atoms with Crippen molar-refractivity contribution in [1.29, 1.82) is 5.26 Å². The minimum absolute atomic E-state index is 0.518. The van der Waals surface area contributed by atoms with Gasteiger partial charge in [-0.3, -0.25) is 4.90 Å². The van der Waals surface area contributed by atoms with Crippen LogP contribution in [0.1, 0.15) is 18.9 Å². The first kappa shape index (κ1) is 12.8. The van der Waals surface area contributed by atoms with Gasteiger partial charge in [-0.1, -0.05) is 13.3 Å². The molecular weight excluding hydrogens is 226 g/mol. The summed E-state index contributed by atoms with van der Waals surface area (Å²) in [5, 5.41) is 8.65. The van der Waals surface area contributed by atoms with Gasteiger partial charge in [-0.05, 0) is 12.0 Å². The third kappa shape index (κ3) is 3.17. The molecule has 0 spiro atoms. The lowest BCUT2D eigenvalue weighted by molar-refractivity contribution is 0.285. The topological polar surface area (TPSA) is 56.1 Å². The molecule has 0 aliphatic carbocycles. The average Bonchev–Trinajstić information content (AvgIpc) is 2.41. The van der Waals surface area contributed by atoms with E-state index >= 15 is 0 Å². The van der Waals surface area contributed by atoms with Crippen molar-refractivity contribution in [2.24, 2.45) is 0 Å². The second-order valence-electron chi connectivity index (χ2n) is 4.56. The van der Waals surface area contributed by atoms with Gasteiger partial charge in [0.25, 0.3) is 0 Å². The van der Waals surface area contributed by atoms with E-state index in [2.05, 4.69) is 32.8 Å². The summed E-state index contributed by atoms with van der Waals surface area (Å²) in [6, 6.07) is 2.19. The molecule has 0 aromatic carbocycles. The lowest BCUT2D eigenvalue weighted by Crippen LogP contribution is -2.47. The van der Waals surface area contributed by atoms with Crippen molar-refractivity contribution in [2.75, 3.05) is 37.6 Å². The second-order valence-corrected chi connectivity index (χ2v) is 4.56. The van der Waals surface area contributed by atoms with Crippen LogP contribution in [-0.4, -0.2) is 47.6 Å². The van der Waals surface area contributed by atoms with E-state index < -0.39 is 0 Å². The maximum atomic E-state index is 8.65. The standard InChI is InChI=1S/C13H19N5/c1-2-3-12-10-15-13(16-11-12)18-8-6-17(5-4-14)7-9-18/h10-11H,2-3,5-9H2,1H3. The van der Waals surface area contributed by atoms with Gasteiger partial charge in [0.05, 0.1) is 12.6 Å². The van der Waals surface area contributed by atoms with Crippen molar-refractivity contribution in [1.82, 2.24) is 14.9 Å². The van der Waals surface area contributed by atoms with Crippen LogP contribution in [0.3, 0.4) is 0 Å². The highest BCUT2D eigenvalue weighted by Crippen LogP contribution is 2.11. The average molecular weight is 245 g/mol. The predicted octanol–water partition coefficient (Wildman–Crippen LogP) is 1.07. The van der Waals surface area contributed by atoms with E-state index in [4.69, 9.17) is 5.26 Å². The minimum atomic E-state index is 0.518. The van der Waals surface area contributed by atoms with Gasteiger partial charge >= 0.3 is 0 Å². The van der Waals surface area contributed by atoms with Crippen LogP contribution in [0.4, 0.5) is 5.95 Å². The van der Waals surface area contributed by atoms with Gasteiger partial charge in [0.2, 0.25) is 5.95 Å². The van der Waals surface area contributed by atoms with Crippen molar-refractivity contribution in [3.8, 4) is 6.07 Å². The van der Waals surface area contributed by atoms with Crippen LogP contribution in [0, 0.1) is 11.3 Å². The highest BCUT2D eigenvalue weighted by Gasteiger charge is 2.18. The molecule has 2 rings (SSSR count). The lowest BCUT2D eigenvalue weighted by atomic mass is 10.2. The third-order valence-electron chi connectivity index (χ3n) is 3.18. The summed E-state index contributed by atoms with van der Waals surface area (Å²) in [7, 11) is 0. The van der Waals surface area contributed by atoms with Crippen molar-refractivity contribution in [3.05, 3.63) is 18.0 Å². The fraction of sp³-hybridized carbons (Fsp3) is 0.615. The highest BCUT2D eigenvalue weighted by atomic mass is 15.3. The highest BCUT2D eigenvalue weighted by molar-refractivity contribution is 5.30. The van der Waals surface area contributed by atoms with Crippen LogP contribution in [0.5, 0.6) is 0 Å². The summed E-state index contributed by atoms with van der Waals surface area (Å²) in [6.07, 6.45) is 6.01. The number of hydrogen-bond acceptors (Lipinski definition) is 5. The van der Waals surface area contributed by atoms with E-state index in [1.165, 1.54) is 5.56 Å². The molecule has 0 unspecified atom stereocenters. The molecule has 0 radical (unpaired) electrons. The van der Waals surface area contributed by atoms with Gasteiger partial charge in [0, 0.05) is 38.6 Å². The van der Waals surface area contributed by atoms with Gasteiger partial charge in [-0.2, -0.15) is 5.26 Å². The maximum absolute atomic E-state index is 8.65. The van der Waals surface area contributed by atoms with E-state index in [9.17, 15) is 0 Å². The molecule has 1 aliphatic rings. The Morgan fingerprint density at radius 3 is 2.44 bits per heavy atom. The van der Waals surface area contributed by atoms with Gasteiger partial charge < -0.3 is 4.90 Å². The van der Waals surface area contributed by atoms with Crippen molar-refractivity contribution < 1.29 is 0 Å². The monoisotopic (exact) mass is 245 g/mol. The Morgan fingerprint density at radius 1 is 1.22 bits per heavy atom. The largest absolute Gasteiger partial charge is 0.338 e. The summed E-state index contributed by atoms with van der Waals surface area (Å²) in [5.41, 5.74) is 1.20. The molecule has 1 aromatic heterocycles. The predicted molar refractivity (Wildman–Crippen MR) is 70.3 cm³/mol. The molecule has 0 bridgehead atoms. The Morgan fingerprint density at radius 2 is 1.89 bits per heavy atom. The van der Waals surface area contributed by atoms with E-state index in [0.717, 1.165) is 45.0 Å². The molecule has 5 nitrogen and oxygen atoms in total. The fourth-order valence-corrected chi connectivity index (χ4v) is 2.14. The van der Waals surface area contributed by atoms with Gasteiger partial charge in [0.1, 0.15) is 0 Å². The first-order valence-corrected chi connectivity index (χ1v) is 6.48. The zero-order valence-electron chi connectivity index (χ0n) is 10.8. The molecule has 1 aliphatic heterocycles. The third-order valence-corrected chi connectivity index (χ3v) is 3.18. The molecule has 0 atom stereocenters. The summed E-state index contributed by atoms with van der Waals surface area (Å²) in [4.78, 5) is 13.2. The van der Waals surface area contributed by atoms with Crippen LogP contribution in [0.2, 0.25) is 0 Å². The summed E-state index contributed by atoms with van der Waals surface area (Å²) in [5.74, 6) is 0.812. The number of piperazine rings is 1. The first-order valence-electron chi connectivity index (χ1n) is 6.48. The quantitative estimate of drug-likeness (QED) is 0.743. The Labute approximate surface area is 108 Å². The van der Waals surface area contributed by atoms with Crippen LogP contribution in [0.15, 0.2) is 12.4 Å². The van der Waals surface area contributed by atoms with Gasteiger partial charge in [-0.25, -0.2) is 9.97 Å². The maximum Gasteiger partial charge on any atom is 0.225 e. The number of anilines is 1. The zero-order valence-corrected chi connectivity index (χ0v) is 10.8. The van der Waals surface area contributed by atoms with Crippen molar-refractivity contribution in [2.45, 2.75) is 19.8 Å². The van der Waals surface area contributed by atoms with E-state index in [-0.39, 0.29) is 0 Å². The second kappa shape index (κ2) is 6.31. The normalized spacial score (nSPS) is 16.6.